The van der Waals surface area contributed by atoms with Crippen LogP contribution in [0.25, 0.3) is 0 Å². The number of ketones is 1. The fourth-order valence-electron chi connectivity index (χ4n) is 1.95. The van der Waals surface area contributed by atoms with Crippen molar-refractivity contribution < 1.29 is 9.53 Å². The molecule has 0 bridgehead atoms. The molecule has 3 heteroatoms. The molecule has 0 saturated heterocycles. The maximum absolute atomic E-state index is 11.5. The summed E-state index contributed by atoms with van der Waals surface area (Å²) in [5, 5.41) is 3.28. The number of benzene rings is 2. The van der Waals surface area contributed by atoms with E-state index < -0.39 is 0 Å². The lowest BCUT2D eigenvalue weighted by Crippen LogP contribution is -2.09. The highest BCUT2D eigenvalue weighted by molar-refractivity contribution is 5.99. The monoisotopic (exact) mass is 269 g/mol. The van der Waals surface area contributed by atoms with Crippen molar-refractivity contribution in [2.75, 3.05) is 18.5 Å². The first kappa shape index (κ1) is 14.1. The van der Waals surface area contributed by atoms with Gasteiger partial charge in [0.2, 0.25) is 0 Å². The molecule has 0 saturated carbocycles. The van der Waals surface area contributed by atoms with E-state index in [0.29, 0.717) is 6.61 Å². The molecule has 2 aromatic carbocycles. The molecule has 0 aliphatic carbocycles. The second kappa shape index (κ2) is 7.34. The Morgan fingerprint density at radius 2 is 1.75 bits per heavy atom. The normalized spacial score (nSPS) is 10.1. The zero-order valence-corrected chi connectivity index (χ0v) is 11.6. The molecule has 0 fully saturated rings. The highest BCUT2D eigenvalue weighted by atomic mass is 16.5. The van der Waals surface area contributed by atoms with Crippen molar-refractivity contribution in [1.82, 2.24) is 0 Å². The van der Waals surface area contributed by atoms with Crippen LogP contribution in [0.2, 0.25) is 0 Å². The lowest BCUT2D eigenvalue weighted by molar-refractivity contribution is 0.101. The summed E-state index contributed by atoms with van der Waals surface area (Å²) >= 11 is 0. The predicted octanol–water partition coefficient (Wildman–Crippen LogP) is 3.77. The van der Waals surface area contributed by atoms with Gasteiger partial charge in [0.1, 0.15) is 5.75 Å². The first-order chi connectivity index (χ1) is 9.77. The lowest BCUT2D eigenvalue weighted by Gasteiger charge is -2.10. The molecule has 0 amide bonds. The number of anilines is 1. The van der Waals surface area contributed by atoms with Gasteiger partial charge in [-0.15, -0.1) is 0 Å². The van der Waals surface area contributed by atoms with E-state index in [0.717, 1.165) is 30.0 Å². The summed E-state index contributed by atoms with van der Waals surface area (Å²) in [7, 11) is 0. The largest absolute Gasteiger partial charge is 0.494 e. The molecule has 1 N–H and O–H groups in total. The maximum atomic E-state index is 11.5. The highest BCUT2D eigenvalue weighted by Gasteiger charge is 2.04. The van der Waals surface area contributed by atoms with Gasteiger partial charge in [-0.05, 0) is 37.6 Å². The third kappa shape index (κ3) is 4.12. The summed E-state index contributed by atoms with van der Waals surface area (Å²) in [6.45, 7) is 3.01. The van der Waals surface area contributed by atoms with E-state index in [1.165, 1.54) is 0 Å². The quantitative estimate of drug-likeness (QED) is 0.614. The van der Waals surface area contributed by atoms with Gasteiger partial charge >= 0.3 is 0 Å². The van der Waals surface area contributed by atoms with Crippen LogP contribution >= 0.6 is 0 Å². The molecule has 0 aliphatic rings. The van der Waals surface area contributed by atoms with E-state index in [1.807, 2.05) is 54.6 Å². The summed E-state index contributed by atoms with van der Waals surface area (Å²) in [5.74, 6) is 0.963. The van der Waals surface area contributed by atoms with Gasteiger partial charge in [-0.2, -0.15) is 0 Å². The summed E-state index contributed by atoms with van der Waals surface area (Å²) in [6.07, 6.45) is 0.876. The van der Waals surface area contributed by atoms with Crippen LogP contribution in [0.3, 0.4) is 0 Å². The van der Waals surface area contributed by atoms with Crippen molar-refractivity contribution in [3.8, 4) is 5.75 Å². The fraction of sp³-hybridized carbons (Fsp3) is 0.235. The zero-order chi connectivity index (χ0) is 14.2. The number of Topliss-reactive ketones (excluding diaryl/α,β-unsaturated/α-hetero) is 1. The number of rotatable bonds is 7. The average molecular weight is 269 g/mol. The second-order valence-electron chi connectivity index (χ2n) is 4.54. The molecule has 0 unspecified atom stereocenters. The van der Waals surface area contributed by atoms with Crippen molar-refractivity contribution in [1.29, 1.82) is 0 Å². The Bertz CT molecular complexity index is 552. The number of hydrogen-bond acceptors (Lipinski definition) is 3. The topological polar surface area (TPSA) is 38.3 Å². The van der Waals surface area contributed by atoms with E-state index in [-0.39, 0.29) is 5.78 Å². The van der Waals surface area contributed by atoms with Crippen molar-refractivity contribution in [3.63, 3.8) is 0 Å². The van der Waals surface area contributed by atoms with Gasteiger partial charge in [-0.1, -0.05) is 30.3 Å². The number of carbonyl (C=O) groups is 1. The maximum Gasteiger partial charge on any atom is 0.161 e. The van der Waals surface area contributed by atoms with Crippen LogP contribution in [0.5, 0.6) is 5.75 Å². The summed E-state index contributed by atoms with van der Waals surface area (Å²) < 4.78 is 5.61. The van der Waals surface area contributed by atoms with Gasteiger partial charge < -0.3 is 10.1 Å². The summed E-state index contributed by atoms with van der Waals surface area (Å²) in [6, 6.07) is 17.3. The molecule has 0 spiro atoms. The second-order valence-corrected chi connectivity index (χ2v) is 4.54. The van der Waals surface area contributed by atoms with Crippen LogP contribution in [0.1, 0.15) is 23.7 Å². The van der Waals surface area contributed by atoms with Gasteiger partial charge in [0.15, 0.2) is 5.78 Å². The fourth-order valence-corrected chi connectivity index (χ4v) is 1.95. The van der Waals surface area contributed by atoms with Crippen molar-refractivity contribution in [3.05, 3.63) is 60.2 Å². The Morgan fingerprint density at radius 3 is 2.50 bits per heavy atom. The third-order valence-corrected chi connectivity index (χ3v) is 2.95. The SMILES string of the molecule is CC(=O)c1ccccc1NCCCOc1ccccc1. The highest BCUT2D eigenvalue weighted by Crippen LogP contribution is 2.15. The van der Waals surface area contributed by atoms with E-state index in [4.69, 9.17) is 4.74 Å². The number of carbonyl (C=O) groups excluding carboxylic acids is 1. The molecule has 104 valence electrons. The Morgan fingerprint density at radius 1 is 1.05 bits per heavy atom. The Balaban J connectivity index is 1.75. The first-order valence-electron chi connectivity index (χ1n) is 6.79. The minimum Gasteiger partial charge on any atom is -0.494 e. The molecular formula is C17H19NO2. The van der Waals surface area contributed by atoms with E-state index >= 15 is 0 Å². The van der Waals surface area contributed by atoms with Gasteiger partial charge in [-0.25, -0.2) is 0 Å². The van der Waals surface area contributed by atoms with Crippen molar-refractivity contribution in [2.45, 2.75) is 13.3 Å². The molecule has 0 aliphatic heterocycles. The smallest absolute Gasteiger partial charge is 0.161 e. The molecule has 0 radical (unpaired) electrons. The average Bonchev–Trinajstić information content (AvgIpc) is 2.48. The zero-order valence-electron chi connectivity index (χ0n) is 11.6. The summed E-state index contributed by atoms with van der Waals surface area (Å²) in [5.41, 5.74) is 1.62. The van der Waals surface area contributed by atoms with E-state index in [2.05, 4.69) is 5.32 Å². The van der Waals surface area contributed by atoms with Gasteiger partial charge in [0, 0.05) is 17.8 Å². The Kier molecular flexibility index (Phi) is 5.18. The van der Waals surface area contributed by atoms with Gasteiger partial charge in [0.05, 0.1) is 6.61 Å². The van der Waals surface area contributed by atoms with E-state index in [9.17, 15) is 4.79 Å². The number of para-hydroxylation sites is 2. The van der Waals surface area contributed by atoms with Crippen LogP contribution in [-0.2, 0) is 0 Å². The van der Waals surface area contributed by atoms with Crippen LogP contribution in [0, 0.1) is 0 Å². The van der Waals surface area contributed by atoms with Gasteiger partial charge in [-0.3, -0.25) is 4.79 Å². The first-order valence-corrected chi connectivity index (χ1v) is 6.79. The summed E-state index contributed by atoms with van der Waals surface area (Å²) in [4.78, 5) is 11.5. The van der Waals surface area contributed by atoms with Gasteiger partial charge in [0.25, 0.3) is 0 Å². The number of hydrogen-bond donors (Lipinski definition) is 1. The van der Waals surface area contributed by atoms with Crippen LogP contribution < -0.4 is 10.1 Å². The molecule has 0 atom stereocenters. The molecule has 20 heavy (non-hydrogen) atoms. The Hall–Kier alpha value is -2.29. The molecular weight excluding hydrogens is 250 g/mol. The van der Waals surface area contributed by atoms with Crippen LogP contribution in [0.4, 0.5) is 5.69 Å². The van der Waals surface area contributed by atoms with Crippen molar-refractivity contribution in [2.24, 2.45) is 0 Å². The minimum absolute atomic E-state index is 0.0774. The Labute approximate surface area is 119 Å². The molecule has 2 aromatic rings. The van der Waals surface area contributed by atoms with E-state index in [1.54, 1.807) is 6.92 Å². The third-order valence-electron chi connectivity index (χ3n) is 2.95. The lowest BCUT2D eigenvalue weighted by atomic mass is 10.1. The number of nitrogens with one attached hydrogen (secondary N) is 1. The van der Waals surface area contributed by atoms with Crippen LogP contribution in [0.15, 0.2) is 54.6 Å². The molecule has 2 rings (SSSR count). The van der Waals surface area contributed by atoms with Crippen molar-refractivity contribution >= 4 is 11.5 Å². The number of ether oxygens (including phenoxy) is 1. The molecule has 3 nitrogen and oxygen atoms in total. The minimum atomic E-state index is 0.0774. The predicted molar refractivity (Wildman–Crippen MR) is 81.5 cm³/mol. The molecule has 0 aromatic heterocycles. The van der Waals surface area contributed by atoms with Crippen LogP contribution in [-0.4, -0.2) is 18.9 Å². The molecule has 0 heterocycles. The standard InChI is InChI=1S/C17H19NO2/c1-14(19)16-10-5-6-11-17(16)18-12-7-13-20-15-8-3-2-4-9-15/h2-6,8-11,18H,7,12-13H2,1H3.